The lowest BCUT2D eigenvalue weighted by molar-refractivity contribution is 0.340. The van der Waals surface area contributed by atoms with Gasteiger partial charge in [-0.2, -0.15) is 0 Å². The van der Waals surface area contributed by atoms with Crippen LogP contribution in [0.4, 0.5) is 5.69 Å². The van der Waals surface area contributed by atoms with Gasteiger partial charge in [0.1, 0.15) is 5.75 Å². The van der Waals surface area contributed by atoms with E-state index in [1.165, 1.54) is 0 Å². The summed E-state index contributed by atoms with van der Waals surface area (Å²) in [7, 11) is -3.77. The van der Waals surface area contributed by atoms with Crippen LogP contribution in [0.15, 0.2) is 27.2 Å². The molecule has 1 aromatic heterocycles. The van der Waals surface area contributed by atoms with Crippen molar-refractivity contribution in [2.45, 2.75) is 25.0 Å². The number of ether oxygens (including phenoxy) is 1. The number of sulfonamides is 1. The highest BCUT2D eigenvalue weighted by molar-refractivity contribution is 7.94. The Balaban J connectivity index is 2.33. The van der Waals surface area contributed by atoms with Gasteiger partial charge in [0.15, 0.2) is 4.21 Å². The van der Waals surface area contributed by atoms with E-state index in [1.54, 1.807) is 32.0 Å². The van der Waals surface area contributed by atoms with Gasteiger partial charge in [-0.1, -0.05) is 11.3 Å². The zero-order valence-corrected chi connectivity index (χ0v) is 13.5. The Labute approximate surface area is 126 Å². The molecule has 0 amide bonds. The summed E-state index contributed by atoms with van der Waals surface area (Å²) in [6.45, 7) is 5.76. The van der Waals surface area contributed by atoms with Crippen molar-refractivity contribution >= 4 is 27.0 Å². The molecule has 1 aromatic carbocycles. The second-order valence-corrected chi connectivity index (χ2v) is 7.30. The van der Waals surface area contributed by atoms with Crippen molar-refractivity contribution in [2.75, 3.05) is 11.3 Å². The summed E-state index contributed by atoms with van der Waals surface area (Å²) in [5.41, 5.74) is 1.53. The van der Waals surface area contributed by atoms with Gasteiger partial charge in [-0.25, -0.2) is 8.42 Å². The zero-order chi connectivity index (χ0) is 15.6. The van der Waals surface area contributed by atoms with Crippen LogP contribution in [0.25, 0.3) is 0 Å². The fourth-order valence-electron chi connectivity index (χ4n) is 1.85. The summed E-state index contributed by atoms with van der Waals surface area (Å²) in [5.74, 6) is 0.681. The van der Waals surface area contributed by atoms with E-state index in [2.05, 4.69) is 9.71 Å². The summed E-state index contributed by atoms with van der Waals surface area (Å²) in [6, 6.07) is 5.09. The number of aryl methyl sites for hydroxylation is 2. The first-order valence-corrected chi connectivity index (χ1v) is 8.59. The first-order valence-electron chi connectivity index (χ1n) is 6.29. The number of aromatic nitrogens is 1. The van der Waals surface area contributed by atoms with Gasteiger partial charge in [-0.3, -0.25) is 9.52 Å². The lowest BCUT2D eigenvalue weighted by Crippen LogP contribution is -2.13. The second kappa shape index (κ2) is 5.90. The quantitative estimate of drug-likeness (QED) is 0.881. The molecule has 1 heterocycles. The summed E-state index contributed by atoms with van der Waals surface area (Å²) < 4.78 is 32.5. The minimum absolute atomic E-state index is 0.000727. The Morgan fingerprint density at radius 3 is 2.57 bits per heavy atom. The summed E-state index contributed by atoms with van der Waals surface area (Å²) in [5, 5.41) is 0. The van der Waals surface area contributed by atoms with E-state index in [0.717, 1.165) is 5.56 Å². The van der Waals surface area contributed by atoms with Gasteiger partial charge in [0, 0.05) is 5.69 Å². The third kappa shape index (κ3) is 3.45. The molecule has 2 aromatic rings. The number of thiazole rings is 1. The Kier molecular flexibility index (Phi) is 4.38. The zero-order valence-electron chi connectivity index (χ0n) is 11.9. The predicted octanol–water partition coefficient (Wildman–Crippen LogP) is 2.25. The van der Waals surface area contributed by atoms with E-state index < -0.39 is 14.9 Å². The average Bonchev–Trinajstić information content (AvgIpc) is 2.73. The molecule has 6 nitrogen and oxygen atoms in total. The van der Waals surface area contributed by atoms with Crippen LogP contribution in [0.3, 0.4) is 0 Å². The van der Waals surface area contributed by atoms with Crippen molar-refractivity contribution in [3.63, 3.8) is 0 Å². The Hall–Kier alpha value is -1.80. The Morgan fingerprint density at radius 2 is 2.05 bits per heavy atom. The van der Waals surface area contributed by atoms with Crippen molar-refractivity contribution in [1.82, 2.24) is 4.98 Å². The molecule has 8 heteroatoms. The first-order chi connectivity index (χ1) is 9.83. The smallest absolute Gasteiger partial charge is 0.306 e. The Morgan fingerprint density at radius 1 is 1.33 bits per heavy atom. The molecule has 21 heavy (non-hydrogen) atoms. The summed E-state index contributed by atoms with van der Waals surface area (Å²) in [6.07, 6.45) is 0. The van der Waals surface area contributed by atoms with Crippen molar-refractivity contribution < 1.29 is 13.2 Å². The van der Waals surface area contributed by atoms with Crippen LogP contribution in [0.2, 0.25) is 0 Å². The highest BCUT2D eigenvalue weighted by atomic mass is 32.2. The molecule has 0 bridgehead atoms. The lowest BCUT2D eigenvalue weighted by Gasteiger charge is -2.11. The molecular formula is C13H16N2O4S2. The van der Waals surface area contributed by atoms with E-state index in [0.29, 0.717) is 35.1 Å². The van der Waals surface area contributed by atoms with Crippen molar-refractivity contribution in [3.8, 4) is 5.75 Å². The molecule has 0 saturated heterocycles. The van der Waals surface area contributed by atoms with Crippen LogP contribution in [0.5, 0.6) is 5.75 Å². The molecule has 2 rings (SSSR count). The maximum Gasteiger partial charge on any atom is 0.306 e. The molecule has 0 aliphatic carbocycles. The van der Waals surface area contributed by atoms with Gasteiger partial charge in [0.2, 0.25) is 0 Å². The number of hydrogen-bond donors (Lipinski definition) is 2. The van der Waals surface area contributed by atoms with Gasteiger partial charge in [0.25, 0.3) is 10.0 Å². The van der Waals surface area contributed by atoms with Gasteiger partial charge in [-0.15, -0.1) is 0 Å². The topological polar surface area (TPSA) is 88.3 Å². The molecule has 0 aliphatic rings. The third-order valence-electron chi connectivity index (χ3n) is 2.78. The van der Waals surface area contributed by atoms with Gasteiger partial charge in [-0.05, 0) is 44.5 Å². The van der Waals surface area contributed by atoms with Crippen LogP contribution in [0, 0.1) is 13.8 Å². The number of benzene rings is 1. The number of aromatic amines is 1. The van der Waals surface area contributed by atoms with Crippen LogP contribution in [-0.4, -0.2) is 20.0 Å². The van der Waals surface area contributed by atoms with Crippen LogP contribution in [-0.2, 0) is 10.0 Å². The SMILES string of the molecule is CCOc1ccc(NS(=O)(=O)c2sc(=O)[nH]c2C)c(C)c1. The molecule has 2 N–H and O–H groups in total. The number of rotatable bonds is 5. The molecule has 114 valence electrons. The molecule has 0 aliphatic heterocycles. The van der Waals surface area contributed by atoms with E-state index in [4.69, 9.17) is 4.74 Å². The third-order valence-corrected chi connectivity index (χ3v) is 5.75. The molecule has 0 saturated carbocycles. The van der Waals surface area contributed by atoms with Gasteiger partial charge < -0.3 is 9.72 Å². The van der Waals surface area contributed by atoms with Gasteiger partial charge in [0.05, 0.1) is 12.3 Å². The number of anilines is 1. The fourth-order valence-corrected chi connectivity index (χ4v) is 4.28. The first kappa shape index (κ1) is 15.6. The van der Waals surface area contributed by atoms with Crippen LogP contribution >= 0.6 is 11.3 Å². The van der Waals surface area contributed by atoms with E-state index in [1.807, 2.05) is 6.92 Å². The number of nitrogens with one attached hydrogen (secondary N) is 2. The standard InChI is InChI=1S/C13H16N2O4S2/c1-4-19-10-5-6-11(8(2)7-10)15-21(17,18)12-9(3)14-13(16)20-12/h5-7,15H,4H2,1-3H3,(H,14,16). The average molecular weight is 328 g/mol. The number of hydrogen-bond acceptors (Lipinski definition) is 5. The minimum Gasteiger partial charge on any atom is -0.494 e. The highest BCUT2D eigenvalue weighted by Crippen LogP contribution is 2.25. The van der Waals surface area contributed by atoms with Crippen LogP contribution < -0.4 is 14.3 Å². The van der Waals surface area contributed by atoms with Crippen LogP contribution in [0.1, 0.15) is 18.2 Å². The van der Waals surface area contributed by atoms with E-state index in [9.17, 15) is 13.2 Å². The van der Waals surface area contributed by atoms with Crippen molar-refractivity contribution in [1.29, 1.82) is 0 Å². The summed E-state index contributed by atoms with van der Waals surface area (Å²) >= 11 is 0.671. The monoisotopic (exact) mass is 328 g/mol. The normalized spacial score (nSPS) is 11.4. The Bertz CT molecular complexity index is 806. The fraction of sp³-hybridized carbons (Fsp3) is 0.308. The predicted molar refractivity (Wildman–Crippen MR) is 82.8 cm³/mol. The van der Waals surface area contributed by atoms with Gasteiger partial charge >= 0.3 is 4.87 Å². The van der Waals surface area contributed by atoms with Crippen molar-refractivity contribution in [2.24, 2.45) is 0 Å². The maximum atomic E-state index is 12.3. The second-order valence-electron chi connectivity index (χ2n) is 4.44. The number of H-pyrrole nitrogens is 1. The summed E-state index contributed by atoms with van der Waals surface area (Å²) in [4.78, 5) is 13.3. The van der Waals surface area contributed by atoms with E-state index in [-0.39, 0.29) is 4.21 Å². The molecule has 0 radical (unpaired) electrons. The van der Waals surface area contributed by atoms with E-state index >= 15 is 0 Å². The molecule has 0 fully saturated rings. The maximum absolute atomic E-state index is 12.3. The van der Waals surface area contributed by atoms with Crippen molar-refractivity contribution in [3.05, 3.63) is 39.1 Å². The lowest BCUT2D eigenvalue weighted by atomic mass is 10.2. The molecular weight excluding hydrogens is 312 g/mol. The molecule has 0 unspecified atom stereocenters. The molecule has 0 spiro atoms. The molecule has 0 atom stereocenters. The highest BCUT2D eigenvalue weighted by Gasteiger charge is 2.21. The minimum atomic E-state index is -3.77. The largest absolute Gasteiger partial charge is 0.494 e.